The lowest BCUT2D eigenvalue weighted by atomic mass is 9.97. The van der Waals surface area contributed by atoms with Crippen molar-refractivity contribution in [3.05, 3.63) is 72.6 Å². The number of hydrogen-bond donors (Lipinski definition) is 0. The van der Waals surface area contributed by atoms with E-state index in [1.807, 2.05) is 42.9 Å². The lowest BCUT2D eigenvalue weighted by molar-refractivity contribution is 0.447. The van der Waals surface area contributed by atoms with Gasteiger partial charge in [-0.1, -0.05) is 12.1 Å². The highest BCUT2D eigenvalue weighted by atomic mass is 16.4. The zero-order valence-electron chi connectivity index (χ0n) is 15.0. The van der Waals surface area contributed by atoms with Gasteiger partial charge in [0.05, 0.1) is 0 Å². The van der Waals surface area contributed by atoms with Crippen LogP contribution < -0.4 is 4.90 Å². The number of fused-ring (bicyclic) bond motifs is 1. The zero-order chi connectivity index (χ0) is 18.1. The highest BCUT2D eigenvalue weighted by Crippen LogP contribution is 2.30. The monoisotopic (exact) mass is 359 g/mol. The summed E-state index contributed by atoms with van der Waals surface area (Å²) in [5.74, 6) is 1.50. The molecule has 0 aliphatic carbocycles. The van der Waals surface area contributed by atoms with Gasteiger partial charge >= 0.3 is 0 Å². The van der Waals surface area contributed by atoms with Gasteiger partial charge in [0.15, 0.2) is 5.58 Å². The van der Waals surface area contributed by atoms with Crippen LogP contribution in [-0.2, 0) is 6.54 Å². The standard InChI is InChI=1S/C21H21N5O/c1-2-6-19-18(5-1)24-21(27-19)26-12-3-4-17(15-26)20-23-11-13-25(20)14-16-7-9-22-10-8-16/h1-2,5-11,13,17H,3-4,12,14-15H2/t17-/m1/s1. The Bertz CT molecular complexity index is 1010. The molecule has 0 amide bonds. The van der Waals surface area contributed by atoms with E-state index in [9.17, 15) is 0 Å². The van der Waals surface area contributed by atoms with Crippen molar-refractivity contribution in [2.24, 2.45) is 0 Å². The number of piperidine rings is 1. The second kappa shape index (κ2) is 6.87. The van der Waals surface area contributed by atoms with Gasteiger partial charge in [-0.25, -0.2) is 4.98 Å². The fraction of sp³-hybridized carbons (Fsp3) is 0.286. The van der Waals surface area contributed by atoms with E-state index in [-0.39, 0.29) is 0 Å². The van der Waals surface area contributed by atoms with E-state index in [0.29, 0.717) is 11.9 Å². The van der Waals surface area contributed by atoms with Crippen molar-refractivity contribution >= 4 is 17.1 Å². The number of oxazole rings is 1. The predicted molar refractivity (Wildman–Crippen MR) is 104 cm³/mol. The Morgan fingerprint density at radius 3 is 2.85 bits per heavy atom. The van der Waals surface area contributed by atoms with E-state index >= 15 is 0 Å². The number of pyridine rings is 1. The highest BCUT2D eigenvalue weighted by molar-refractivity contribution is 5.74. The van der Waals surface area contributed by atoms with Gasteiger partial charge in [0, 0.05) is 50.3 Å². The van der Waals surface area contributed by atoms with Crippen LogP contribution in [0.2, 0.25) is 0 Å². The molecule has 1 atom stereocenters. The normalized spacial score (nSPS) is 17.5. The minimum absolute atomic E-state index is 0.366. The number of imidazole rings is 1. The Labute approximate surface area is 157 Å². The Hall–Kier alpha value is -3.15. The van der Waals surface area contributed by atoms with E-state index in [1.54, 1.807) is 0 Å². The number of benzene rings is 1. The summed E-state index contributed by atoms with van der Waals surface area (Å²) in [5, 5.41) is 0. The third-order valence-corrected chi connectivity index (χ3v) is 5.19. The molecule has 0 unspecified atom stereocenters. The first kappa shape index (κ1) is 16.1. The molecule has 1 fully saturated rings. The van der Waals surface area contributed by atoms with Gasteiger partial charge in [0.25, 0.3) is 6.01 Å². The van der Waals surface area contributed by atoms with Crippen molar-refractivity contribution in [2.45, 2.75) is 25.3 Å². The van der Waals surface area contributed by atoms with Crippen molar-refractivity contribution < 1.29 is 4.42 Å². The van der Waals surface area contributed by atoms with Gasteiger partial charge in [-0.3, -0.25) is 4.98 Å². The van der Waals surface area contributed by atoms with Crippen LogP contribution in [0.15, 0.2) is 65.6 Å². The quantitative estimate of drug-likeness (QED) is 0.554. The van der Waals surface area contributed by atoms with Crippen molar-refractivity contribution in [3.8, 4) is 0 Å². The van der Waals surface area contributed by atoms with Crippen LogP contribution >= 0.6 is 0 Å². The zero-order valence-corrected chi connectivity index (χ0v) is 15.0. The van der Waals surface area contributed by atoms with Gasteiger partial charge in [-0.2, -0.15) is 4.98 Å². The lowest BCUT2D eigenvalue weighted by Gasteiger charge is -2.31. The van der Waals surface area contributed by atoms with Gasteiger partial charge < -0.3 is 13.9 Å². The molecule has 0 bridgehead atoms. The second-order valence-electron chi connectivity index (χ2n) is 7.02. The molecule has 1 aromatic carbocycles. The maximum Gasteiger partial charge on any atom is 0.298 e. The Morgan fingerprint density at radius 1 is 1.07 bits per heavy atom. The summed E-state index contributed by atoms with van der Waals surface area (Å²) in [6.07, 6.45) is 9.86. The molecule has 1 aliphatic heterocycles. The van der Waals surface area contributed by atoms with Gasteiger partial charge in [-0.15, -0.1) is 0 Å². The minimum Gasteiger partial charge on any atom is -0.423 e. The fourth-order valence-corrected chi connectivity index (χ4v) is 3.86. The molecule has 136 valence electrons. The van der Waals surface area contributed by atoms with Crippen molar-refractivity contribution in [3.63, 3.8) is 0 Å². The van der Waals surface area contributed by atoms with E-state index in [2.05, 4.69) is 42.7 Å². The van der Waals surface area contributed by atoms with Gasteiger partial charge in [-0.05, 0) is 42.7 Å². The molecule has 6 heteroatoms. The molecule has 0 saturated carbocycles. The largest absolute Gasteiger partial charge is 0.423 e. The maximum atomic E-state index is 5.98. The molecule has 0 N–H and O–H groups in total. The number of hydrogen-bond acceptors (Lipinski definition) is 5. The van der Waals surface area contributed by atoms with E-state index in [1.165, 1.54) is 5.56 Å². The molecule has 27 heavy (non-hydrogen) atoms. The van der Waals surface area contributed by atoms with Crippen LogP contribution in [-0.4, -0.2) is 32.6 Å². The molecule has 3 aromatic heterocycles. The Balaban J connectivity index is 1.38. The molecule has 0 radical (unpaired) electrons. The number of rotatable bonds is 4. The molecule has 5 rings (SSSR count). The summed E-state index contributed by atoms with van der Waals surface area (Å²) in [4.78, 5) is 15.7. The SMILES string of the molecule is c1ccc2oc(N3CCC[C@@H](c4nccn4Cc4ccncc4)C3)nc2c1. The van der Waals surface area contributed by atoms with E-state index < -0.39 is 0 Å². The second-order valence-corrected chi connectivity index (χ2v) is 7.02. The molecule has 6 nitrogen and oxygen atoms in total. The molecule has 4 aromatic rings. The van der Waals surface area contributed by atoms with E-state index in [4.69, 9.17) is 4.42 Å². The van der Waals surface area contributed by atoms with Crippen LogP contribution in [0, 0.1) is 0 Å². The first-order valence-electron chi connectivity index (χ1n) is 9.37. The Morgan fingerprint density at radius 2 is 1.96 bits per heavy atom. The first-order valence-corrected chi connectivity index (χ1v) is 9.37. The summed E-state index contributed by atoms with van der Waals surface area (Å²) >= 11 is 0. The van der Waals surface area contributed by atoms with Crippen molar-refractivity contribution in [1.29, 1.82) is 0 Å². The number of anilines is 1. The first-order chi connectivity index (χ1) is 13.4. The van der Waals surface area contributed by atoms with Crippen molar-refractivity contribution in [2.75, 3.05) is 18.0 Å². The summed E-state index contributed by atoms with van der Waals surface area (Å²) in [5.41, 5.74) is 2.98. The van der Waals surface area contributed by atoms with Crippen LogP contribution in [0.1, 0.15) is 30.1 Å². The smallest absolute Gasteiger partial charge is 0.298 e. The van der Waals surface area contributed by atoms with Crippen LogP contribution in [0.4, 0.5) is 6.01 Å². The minimum atomic E-state index is 0.366. The topological polar surface area (TPSA) is 60.0 Å². The molecular weight excluding hydrogens is 338 g/mol. The molecule has 1 aliphatic rings. The number of aromatic nitrogens is 4. The molecule has 1 saturated heterocycles. The third kappa shape index (κ3) is 3.18. The van der Waals surface area contributed by atoms with E-state index in [0.717, 1.165) is 49.4 Å². The summed E-state index contributed by atoms with van der Waals surface area (Å²) < 4.78 is 8.23. The summed E-state index contributed by atoms with van der Waals surface area (Å²) in [6, 6.07) is 12.7. The average molecular weight is 359 g/mol. The van der Waals surface area contributed by atoms with Gasteiger partial charge in [0.2, 0.25) is 0 Å². The number of nitrogens with zero attached hydrogens (tertiary/aromatic N) is 5. The fourth-order valence-electron chi connectivity index (χ4n) is 3.86. The Kier molecular flexibility index (Phi) is 4.08. The number of para-hydroxylation sites is 2. The van der Waals surface area contributed by atoms with Gasteiger partial charge in [0.1, 0.15) is 11.3 Å². The molecule has 4 heterocycles. The van der Waals surface area contributed by atoms with Crippen LogP contribution in [0.5, 0.6) is 0 Å². The van der Waals surface area contributed by atoms with Crippen molar-refractivity contribution in [1.82, 2.24) is 19.5 Å². The molecule has 0 spiro atoms. The summed E-state index contributed by atoms with van der Waals surface area (Å²) in [7, 11) is 0. The highest BCUT2D eigenvalue weighted by Gasteiger charge is 2.27. The third-order valence-electron chi connectivity index (χ3n) is 5.19. The molecular formula is C21H21N5O. The lowest BCUT2D eigenvalue weighted by Crippen LogP contribution is -2.35. The predicted octanol–water partition coefficient (Wildman–Crippen LogP) is 3.85. The average Bonchev–Trinajstić information content (AvgIpc) is 3.36. The van der Waals surface area contributed by atoms with Crippen LogP contribution in [0.25, 0.3) is 11.1 Å². The maximum absolute atomic E-state index is 5.98. The van der Waals surface area contributed by atoms with Crippen LogP contribution in [0.3, 0.4) is 0 Å². The summed E-state index contributed by atoms with van der Waals surface area (Å²) in [6.45, 7) is 2.66.